The maximum Gasteiger partial charge on any atom is 0.416 e. The zero-order valence-electron chi connectivity index (χ0n) is 11.7. The van der Waals surface area contributed by atoms with Crippen LogP contribution >= 0.6 is 0 Å². The van der Waals surface area contributed by atoms with Gasteiger partial charge in [0.25, 0.3) is 5.91 Å². The minimum atomic E-state index is -4.37. The van der Waals surface area contributed by atoms with Crippen LogP contribution < -0.4 is 5.43 Å². The molecule has 22 heavy (non-hydrogen) atoms. The average Bonchev–Trinajstić information content (AvgIpc) is 2.47. The van der Waals surface area contributed by atoms with Crippen LogP contribution in [-0.2, 0) is 6.18 Å². The molecule has 1 N–H and O–H groups in total. The van der Waals surface area contributed by atoms with Crippen molar-refractivity contribution < 1.29 is 18.0 Å². The lowest BCUT2D eigenvalue weighted by Crippen LogP contribution is -2.18. The van der Waals surface area contributed by atoms with E-state index in [0.717, 1.165) is 17.7 Å². The molecule has 0 spiro atoms. The van der Waals surface area contributed by atoms with Crippen molar-refractivity contribution in [2.24, 2.45) is 5.10 Å². The molecule has 0 aliphatic carbocycles. The highest BCUT2D eigenvalue weighted by Crippen LogP contribution is 2.28. The fourth-order valence-corrected chi connectivity index (χ4v) is 1.81. The van der Waals surface area contributed by atoms with Crippen molar-refractivity contribution in [3.63, 3.8) is 0 Å². The molecule has 0 heterocycles. The third kappa shape index (κ3) is 3.94. The molecule has 6 heteroatoms. The molecule has 2 aromatic rings. The number of alkyl halides is 3. The maximum absolute atomic E-state index is 12.4. The summed E-state index contributed by atoms with van der Waals surface area (Å²) in [5.41, 5.74) is 3.37. The third-order valence-corrected chi connectivity index (χ3v) is 3.01. The zero-order valence-corrected chi connectivity index (χ0v) is 11.7. The largest absolute Gasteiger partial charge is 0.416 e. The van der Waals surface area contributed by atoms with E-state index >= 15 is 0 Å². The number of benzene rings is 2. The number of amides is 1. The second-order valence-corrected chi connectivity index (χ2v) is 4.63. The van der Waals surface area contributed by atoms with Crippen LogP contribution in [-0.4, -0.2) is 12.1 Å². The van der Waals surface area contributed by atoms with E-state index in [0.29, 0.717) is 11.1 Å². The van der Waals surface area contributed by atoms with Gasteiger partial charge in [0.2, 0.25) is 0 Å². The molecule has 0 aliphatic rings. The van der Waals surface area contributed by atoms with Gasteiger partial charge in [0.05, 0.1) is 11.8 Å². The first kappa shape index (κ1) is 15.8. The molecule has 0 saturated carbocycles. The van der Waals surface area contributed by atoms with Crippen LogP contribution in [0.25, 0.3) is 0 Å². The van der Waals surface area contributed by atoms with Crippen molar-refractivity contribution in [2.75, 3.05) is 0 Å². The van der Waals surface area contributed by atoms with Gasteiger partial charge in [-0.15, -0.1) is 0 Å². The normalized spacial score (nSPS) is 11.6. The highest BCUT2D eigenvalue weighted by Gasteiger charge is 2.29. The van der Waals surface area contributed by atoms with Crippen molar-refractivity contribution in [3.05, 3.63) is 70.8 Å². The van der Waals surface area contributed by atoms with Gasteiger partial charge in [-0.25, -0.2) is 5.43 Å². The standard InChI is InChI=1S/C16H13F3N2O/c1-11-4-2-3-5-14(11)15(22)21-20-10-12-6-8-13(9-7-12)16(17,18)19/h2-10H,1H3,(H,21,22)/b20-10-. The Hall–Kier alpha value is -2.63. The first-order valence-electron chi connectivity index (χ1n) is 6.44. The second kappa shape index (κ2) is 6.43. The number of aryl methyl sites for hydroxylation is 1. The topological polar surface area (TPSA) is 41.5 Å². The van der Waals surface area contributed by atoms with E-state index in [9.17, 15) is 18.0 Å². The molecule has 0 atom stereocenters. The number of carbonyl (C=O) groups is 1. The van der Waals surface area contributed by atoms with Crippen LogP contribution in [0.2, 0.25) is 0 Å². The van der Waals surface area contributed by atoms with Gasteiger partial charge < -0.3 is 0 Å². The molecule has 0 fully saturated rings. The quantitative estimate of drug-likeness (QED) is 0.680. The first-order chi connectivity index (χ1) is 10.4. The molecule has 2 aromatic carbocycles. The lowest BCUT2D eigenvalue weighted by molar-refractivity contribution is -0.137. The zero-order chi connectivity index (χ0) is 16.2. The Labute approximate surface area is 125 Å². The second-order valence-electron chi connectivity index (χ2n) is 4.63. The number of halogens is 3. The molecule has 0 aromatic heterocycles. The fourth-order valence-electron chi connectivity index (χ4n) is 1.81. The summed E-state index contributed by atoms with van der Waals surface area (Å²) in [6, 6.07) is 11.5. The number of carbonyl (C=O) groups excluding carboxylic acids is 1. The summed E-state index contributed by atoms with van der Waals surface area (Å²) in [5, 5.41) is 3.75. The number of hydrogen-bond acceptors (Lipinski definition) is 2. The van der Waals surface area contributed by atoms with Crippen LogP contribution in [0.3, 0.4) is 0 Å². The summed E-state index contributed by atoms with van der Waals surface area (Å²) >= 11 is 0. The molecule has 0 unspecified atom stereocenters. The first-order valence-corrected chi connectivity index (χ1v) is 6.44. The highest BCUT2D eigenvalue weighted by atomic mass is 19.4. The van der Waals surface area contributed by atoms with Crippen molar-refractivity contribution in [3.8, 4) is 0 Å². The van der Waals surface area contributed by atoms with Gasteiger partial charge in [-0.2, -0.15) is 18.3 Å². The van der Waals surface area contributed by atoms with E-state index in [4.69, 9.17) is 0 Å². The van der Waals surface area contributed by atoms with E-state index in [1.54, 1.807) is 25.1 Å². The number of rotatable bonds is 3. The molecule has 114 valence electrons. The summed E-state index contributed by atoms with van der Waals surface area (Å²) in [7, 11) is 0. The Morgan fingerprint density at radius 2 is 1.73 bits per heavy atom. The molecule has 0 radical (unpaired) electrons. The fraction of sp³-hybridized carbons (Fsp3) is 0.125. The summed E-state index contributed by atoms with van der Waals surface area (Å²) in [5.74, 6) is -0.374. The van der Waals surface area contributed by atoms with Crippen LogP contribution in [0.4, 0.5) is 13.2 Å². The maximum atomic E-state index is 12.4. The number of hydrogen-bond donors (Lipinski definition) is 1. The molecule has 1 amide bonds. The minimum absolute atomic E-state index is 0.374. The Bertz CT molecular complexity index is 691. The van der Waals surface area contributed by atoms with Gasteiger partial charge in [-0.3, -0.25) is 4.79 Å². The number of nitrogens with zero attached hydrogens (tertiary/aromatic N) is 1. The summed E-state index contributed by atoms with van der Waals surface area (Å²) in [6.45, 7) is 1.80. The minimum Gasteiger partial charge on any atom is -0.267 e. The van der Waals surface area contributed by atoms with Crippen molar-refractivity contribution in [1.29, 1.82) is 0 Å². The van der Waals surface area contributed by atoms with E-state index in [-0.39, 0.29) is 5.91 Å². The Kier molecular flexibility index (Phi) is 4.60. The van der Waals surface area contributed by atoms with Crippen LogP contribution in [0.1, 0.15) is 27.0 Å². The molecular formula is C16H13F3N2O. The van der Waals surface area contributed by atoms with Gasteiger partial charge in [0.15, 0.2) is 0 Å². The van der Waals surface area contributed by atoms with Crippen LogP contribution in [0.15, 0.2) is 53.6 Å². The molecule has 0 aliphatic heterocycles. The van der Waals surface area contributed by atoms with Gasteiger partial charge in [-0.1, -0.05) is 30.3 Å². The van der Waals surface area contributed by atoms with Gasteiger partial charge in [0.1, 0.15) is 0 Å². The van der Waals surface area contributed by atoms with Gasteiger partial charge in [-0.05, 0) is 36.2 Å². The van der Waals surface area contributed by atoms with E-state index in [2.05, 4.69) is 10.5 Å². The van der Waals surface area contributed by atoms with Crippen molar-refractivity contribution >= 4 is 12.1 Å². The van der Waals surface area contributed by atoms with Crippen LogP contribution in [0, 0.1) is 6.92 Å². The Morgan fingerprint density at radius 1 is 1.09 bits per heavy atom. The van der Waals surface area contributed by atoms with E-state index in [1.165, 1.54) is 18.3 Å². The van der Waals surface area contributed by atoms with Gasteiger partial charge in [0, 0.05) is 5.56 Å². The predicted octanol–water partition coefficient (Wildman–Crippen LogP) is 3.78. The lowest BCUT2D eigenvalue weighted by Gasteiger charge is -2.06. The van der Waals surface area contributed by atoms with E-state index in [1.807, 2.05) is 6.07 Å². The third-order valence-electron chi connectivity index (χ3n) is 3.01. The predicted molar refractivity (Wildman–Crippen MR) is 77.7 cm³/mol. The Morgan fingerprint density at radius 3 is 2.32 bits per heavy atom. The SMILES string of the molecule is Cc1ccccc1C(=O)N/N=C\c1ccc(C(F)(F)F)cc1. The van der Waals surface area contributed by atoms with Crippen LogP contribution in [0.5, 0.6) is 0 Å². The summed E-state index contributed by atoms with van der Waals surface area (Å²) in [4.78, 5) is 11.9. The molecule has 0 bridgehead atoms. The molecular weight excluding hydrogens is 293 g/mol. The van der Waals surface area contributed by atoms with Gasteiger partial charge >= 0.3 is 6.18 Å². The average molecular weight is 306 g/mol. The smallest absolute Gasteiger partial charge is 0.267 e. The van der Waals surface area contributed by atoms with E-state index < -0.39 is 11.7 Å². The summed E-state index contributed by atoms with van der Waals surface area (Å²) in [6.07, 6.45) is -3.08. The monoisotopic (exact) mass is 306 g/mol. The van der Waals surface area contributed by atoms with Crippen molar-refractivity contribution in [1.82, 2.24) is 5.43 Å². The lowest BCUT2D eigenvalue weighted by atomic mass is 10.1. The molecule has 0 saturated heterocycles. The summed E-state index contributed by atoms with van der Waals surface area (Å²) < 4.78 is 37.2. The number of nitrogens with one attached hydrogen (secondary N) is 1. The Balaban J connectivity index is 2.01. The van der Waals surface area contributed by atoms with Crippen molar-refractivity contribution in [2.45, 2.75) is 13.1 Å². The molecule has 3 nitrogen and oxygen atoms in total. The molecule has 2 rings (SSSR count). The number of hydrazone groups is 1. The highest BCUT2D eigenvalue weighted by molar-refractivity contribution is 5.96.